The van der Waals surface area contributed by atoms with Crippen molar-refractivity contribution < 1.29 is 9.84 Å². The Morgan fingerprint density at radius 2 is 2.00 bits per heavy atom. The Hall–Kier alpha value is -1.44. The molecule has 0 aliphatic rings. The molecule has 0 unspecified atom stereocenters. The molecule has 1 aromatic carbocycles. The lowest BCUT2D eigenvalue weighted by atomic mass is 10.3. The normalized spacial score (nSPS) is 9.09. The van der Waals surface area contributed by atoms with E-state index >= 15 is 0 Å². The number of aliphatic hydroxyl groups is 1. The molecule has 0 aromatic heterocycles. The van der Waals surface area contributed by atoms with E-state index in [2.05, 4.69) is 6.58 Å². The molecule has 1 N–H and O–H groups in total. The predicted octanol–water partition coefficient (Wildman–Crippen LogP) is 2.14. The SMILES string of the molecule is C=C(O)COc1ccccc1. The highest BCUT2D eigenvalue weighted by atomic mass is 16.5. The zero-order valence-electron chi connectivity index (χ0n) is 6.16. The highest BCUT2D eigenvalue weighted by Gasteiger charge is 1.91. The minimum absolute atomic E-state index is 0.0360. The van der Waals surface area contributed by atoms with Crippen molar-refractivity contribution >= 4 is 0 Å². The van der Waals surface area contributed by atoms with Gasteiger partial charge in [0.15, 0.2) is 0 Å². The van der Waals surface area contributed by atoms with Crippen LogP contribution in [-0.4, -0.2) is 11.7 Å². The summed E-state index contributed by atoms with van der Waals surface area (Å²) in [6.45, 7) is 3.46. The molecule has 0 fully saturated rings. The third-order valence-corrected chi connectivity index (χ3v) is 1.15. The number of rotatable bonds is 3. The largest absolute Gasteiger partial charge is 0.509 e. The molecule has 0 heterocycles. The first-order valence-electron chi connectivity index (χ1n) is 3.33. The standard InChI is InChI=1S/C9H10O2/c1-8(10)7-11-9-5-3-2-4-6-9/h2-6,10H,1,7H2. The molecular weight excluding hydrogens is 140 g/mol. The zero-order valence-corrected chi connectivity index (χ0v) is 6.16. The minimum atomic E-state index is 0.0360. The topological polar surface area (TPSA) is 29.5 Å². The van der Waals surface area contributed by atoms with Crippen LogP contribution >= 0.6 is 0 Å². The zero-order chi connectivity index (χ0) is 8.10. The van der Waals surface area contributed by atoms with Crippen molar-refractivity contribution in [3.63, 3.8) is 0 Å². The molecule has 2 heteroatoms. The van der Waals surface area contributed by atoms with E-state index in [0.29, 0.717) is 0 Å². The summed E-state index contributed by atoms with van der Waals surface area (Å²) in [6, 6.07) is 9.29. The van der Waals surface area contributed by atoms with Crippen molar-refractivity contribution in [2.75, 3.05) is 6.61 Å². The Labute approximate surface area is 65.7 Å². The molecule has 0 saturated heterocycles. The number of hydrogen-bond donors (Lipinski definition) is 1. The van der Waals surface area contributed by atoms with Crippen LogP contribution in [-0.2, 0) is 0 Å². The fourth-order valence-corrected chi connectivity index (χ4v) is 0.683. The second-order valence-electron chi connectivity index (χ2n) is 2.17. The van der Waals surface area contributed by atoms with Gasteiger partial charge in [0.1, 0.15) is 18.1 Å². The fourth-order valence-electron chi connectivity index (χ4n) is 0.683. The molecule has 2 nitrogen and oxygen atoms in total. The molecule has 0 aliphatic carbocycles. The molecule has 0 spiro atoms. The Morgan fingerprint density at radius 1 is 1.36 bits per heavy atom. The molecule has 58 valence electrons. The van der Waals surface area contributed by atoms with Crippen LogP contribution in [0.4, 0.5) is 0 Å². The number of aliphatic hydroxyl groups excluding tert-OH is 1. The average Bonchev–Trinajstić information content (AvgIpc) is 2.03. The van der Waals surface area contributed by atoms with Gasteiger partial charge in [0.2, 0.25) is 0 Å². The van der Waals surface area contributed by atoms with E-state index in [1.165, 1.54) is 0 Å². The van der Waals surface area contributed by atoms with Crippen LogP contribution in [0.1, 0.15) is 0 Å². The second-order valence-corrected chi connectivity index (χ2v) is 2.17. The van der Waals surface area contributed by atoms with E-state index in [9.17, 15) is 0 Å². The van der Waals surface area contributed by atoms with Crippen molar-refractivity contribution in [2.45, 2.75) is 0 Å². The van der Waals surface area contributed by atoms with Crippen molar-refractivity contribution in [1.82, 2.24) is 0 Å². The summed E-state index contributed by atoms with van der Waals surface area (Å²) in [5, 5.41) is 8.69. The molecule has 0 aliphatic heterocycles. The van der Waals surface area contributed by atoms with Crippen LogP contribution in [0.3, 0.4) is 0 Å². The monoisotopic (exact) mass is 150 g/mol. The van der Waals surface area contributed by atoms with Crippen LogP contribution < -0.4 is 4.74 Å². The van der Waals surface area contributed by atoms with Gasteiger partial charge < -0.3 is 9.84 Å². The van der Waals surface area contributed by atoms with Gasteiger partial charge in [-0.25, -0.2) is 0 Å². The average molecular weight is 150 g/mol. The Kier molecular flexibility index (Phi) is 2.55. The summed E-state index contributed by atoms with van der Waals surface area (Å²) in [5.41, 5.74) is 0. The summed E-state index contributed by atoms with van der Waals surface area (Å²) < 4.78 is 5.12. The van der Waals surface area contributed by atoms with E-state index in [0.717, 1.165) is 5.75 Å². The Morgan fingerprint density at radius 3 is 2.55 bits per heavy atom. The van der Waals surface area contributed by atoms with Crippen LogP contribution in [0.5, 0.6) is 5.75 Å². The van der Waals surface area contributed by atoms with Crippen LogP contribution in [0.15, 0.2) is 42.7 Å². The third-order valence-electron chi connectivity index (χ3n) is 1.15. The van der Waals surface area contributed by atoms with Gasteiger partial charge in [-0.05, 0) is 12.1 Å². The first-order chi connectivity index (χ1) is 5.29. The Bertz CT molecular complexity index is 229. The molecule has 11 heavy (non-hydrogen) atoms. The maximum atomic E-state index is 8.69. The lowest BCUT2D eigenvalue weighted by molar-refractivity contribution is 0.272. The summed E-state index contributed by atoms with van der Waals surface area (Å²) in [7, 11) is 0. The van der Waals surface area contributed by atoms with Gasteiger partial charge in [0.05, 0.1) is 0 Å². The number of benzene rings is 1. The second kappa shape index (κ2) is 3.66. The first-order valence-corrected chi connectivity index (χ1v) is 3.33. The van der Waals surface area contributed by atoms with Crippen LogP contribution in [0.2, 0.25) is 0 Å². The van der Waals surface area contributed by atoms with Gasteiger partial charge in [-0.2, -0.15) is 0 Å². The van der Waals surface area contributed by atoms with Crippen molar-refractivity contribution in [2.24, 2.45) is 0 Å². The van der Waals surface area contributed by atoms with E-state index in [1.54, 1.807) is 0 Å². The highest BCUT2D eigenvalue weighted by Crippen LogP contribution is 2.08. The highest BCUT2D eigenvalue weighted by molar-refractivity contribution is 5.21. The van der Waals surface area contributed by atoms with Gasteiger partial charge >= 0.3 is 0 Å². The molecule has 0 bridgehead atoms. The van der Waals surface area contributed by atoms with E-state index in [-0.39, 0.29) is 12.4 Å². The van der Waals surface area contributed by atoms with Gasteiger partial charge in [-0.15, -0.1) is 0 Å². The third kappa shape index (κ3) is 2.76. The minimum Gasteiger partial charge on any atom is -0.509 e. The van der Waals surface area contributed by atoms with E-state index in [1.807, 2.05) is 30.3 Å². The Balaban J connectivity index is 2.45. The van der Waals surface area contributed by atoms with E-state index < -0.39 is 0 Å². The van der Waals surface area contributed by atoms with Gasteiger partial charge in [0.25, 0.3) is 0 Å². The first kappa shape index (κ1) is 7.66. The van der Waals surface area contributed by atoms with Crippen LogP contribution in [0, 0.1) is 0 Å². The summed E-state index contributed by atoms with van der Waals surface area (Å²) in [4.78, 5) is 0. The van der Waals surface area contributed by atoms with Gasteiger partial charge in [-0.1, -0.05) is 24.8 Å². The van der Waals surface area contributed by atoms with E-state index in [4.69, 9.17) is 9.84 Å². The molecule has 1 aromatic rings. The molecular formula is C9H10O2. The number of hydrogen-bond acceptors (Lipinski definition) is 2. The summed E-state index contributed by atoms with van der Waals surface area (Å²) >= 11 is 0. The smallest absolute Gasteiger partial charge is 0.144 e. The summed E-state index contributed by atoms with van der Waals surface area (Å²) in [6.07, 6.45) is 0. The quantitative estimate of drug-likeness (QED) is 0.669. The van der Waals surface area contributed by atoms with Crippen LogP contribution in [0.25, 0.3) is 0 Å². The summed E-state index contributed by atoms with van der Waals surface area (Å²) in [5.74, 6) is 0.775. The molecule has 0 amide bonds. The fraction of sp³-hybridized carbons (Fsp3) is 0.111. The van der Waals surface area contributed by atoms with Crippen molar-refractivity contribution in [1.29, 1.82) is 0 Å². The lowest BCUT2D eigenvalue weighted by Crippen LogP contribution is -1.98. The maximum Gasteiger partial charge on any atom is 0.144 e. The molecule has 0 saturated carbocycles. The van der Waals surface area contributed by atoms with Crippen molar-refractivity contribution in [3.05, 3.63) is 42.7 Å². The van der Waals surface area contributed by atoms with Gasteiger partial charge in [-0.3, -0.25) is 0 Å². The number of para-hydroxylation sites is 1. The van der Waals surface area contributed by atoms with Crippen molar-refractivity contribution in [3.8, 4) is 5.75 Å². The predicted molar refractivity (Wildman–Crippen MR) is 43.7 cm³/mol. The lowest BCUT2D eigenvalue weighted by Gasteiger charge is -2.02. The molecule has 0 atom stereocenters. The maximum absolute atomic E-state index is 8.69. The van der Waals surface area contributed by atoms with Gasteiger partial charge in [0, 0.05) is 0 Å². The molecule has 0 radical (unpaired) electrons. The molecule has 1 rings (SSSR count). The number of ether oxygens (including phenoxy) is 1.